The quantitative estimate of drug-likeness (QED) is 0.685. The van der Waals surface area contributed by atoms with Gasteiger partial charge in [0.2, 0.25) is 0 Å². The molecule has 0 radical (unpaired) electrons. The van der Waals surface area contributed by atoms with Gasteiger partial charge in [0.15, 0.2) is 0 Å². The molecular formula is C19H16ClFN2O2S. The van der Waals surface area contributed by atoms with Crippen molar-refractivity contribution in [2.45, 2.75) is 18.7 Å². The van der Waals surface area contributed by atoms with E-state index in [9.17, 15) is 12.8 Å². The van der Waals surface area contributed by atoms with Crippen LogP contribution < -0.4 is 4.72 Å². The second kappa shape index (κ2) is 7.05. The molecule has 2 aromatic carbocycles. The van der Waals surface area contributed by atoms with Gasteiger partial charge in [0.1, 0.15) is 11.6 Å². The van der Waals surface area contributed by atoms with E-state index in [0.29, 0.717) is 10.7 Å². The lowest BCUT2D eigenvalue weighted by molar-refractivity contribution is 0.601. The highest BCUT2D eigenvalue weighted by atomic mass is 35.5. The Morgan fingerprint density at radius 3 is 2.38 bits per heavy atom. The zero-order valence-electron chi connectivity index (χ0n) is 14.1. The molecule has 0 aliphatic carbocycles. The number of aromatic nitrogens is 1. The number of rotatable bonds is 4. The molecule has 0 saturated carbocycles. The highest BCUT2D eigenvalue weighted by Gasteiger charge is 2.16. The molecule has 0 bridgehead atoms. The summed E-state index contributed by atoms with van der Waals surface area (Å²) in [6, 6.07) is 13.8. The van der Waals surface area contributed by atoms with Crippen molar-refractivity contribution >= 4 is 27.4 Å². The van der Waals surface area contributed by atoms with Gasteiger partial charge >= 0.3 is 0 Å². The van der Waals surface area contributed by atoms with Crippen LogP contribution in [0.15, 0.2) is 59.5 Å². The number of benzene rings is 2. The van der Waals surface area contributed by atoms with Gasteiger partial charge < -0.3 is 0 Å². The maximum absolute atomic E-state index is 13.3. The molecule has 1 aromatic heterocycles. The topological polar surface area (TPSA) is 59.1 Å². The summed E-state index contributed by atoms with van der Waals surface area (Å²) < 4.78 is 40.7. The Morgan fingerprint density at radius 1 is 1.00 bits per heavy atom. The Bertz CT molecular complexity index is 1080. The van der Waals surface area contributed by atoms with Crippen molar-refractivity contribution < 1.29 is 12.8 Å². The Kier molecular flexibility index (Phi) is 4.98. The van der Waals surface area contributed by atoms with E-state index in [2.05, 4.69) is 9.71 Å². The van der Waals surface area contributed by atoms with Crippen LogP contribution in [-0.2, 0) is 10.0 Å². The number of hydrogen-bond donors (Lipinski definition) is 1. The molecular weight excluding hydrogens is 375 g/mol. The number of nitrogens with one attached hydrogen (secondary N) is 1. The summed E-state index contributed by atoms with van der Waals surface area (Å²) in [6.07, 6.45) is 0. The first-order chi connectivity index (χ1) is 12.3. The standard InChI is InChI=1S/C19H16ClFN2O2S/c1-12-10-15(21)6-7-17(12)18-8-9-19(22-13(18)2)23-26(24,25)16-5-3-4-14(20)11-16/h3-11H,1-2H3,(H,22,23). The summed E-state index contributed by atoms with van der Waals surface area (Å²) in [4.78, 5) is 4.39. The van der Waals surface area contributed by atoms with E-state index in [1.54, 1.807) is 37.3 Å². The van der Waals surface area contributed by atoms with Crippen molar-refractivity contribution in [3.05, 3.63) is 76.7 Å². The average molecular weight is 391 g/mol. The Labute approximate surface area is 156 Å². The average Bonchev–Trinajstić information content (AvgIpc) is 2.55. The number of sulfonamides is 1. The highest BCUT2D eigenvalue weighted by molar-refractivity contribution is 7.92. The zero-order valence-corrected chi connectivity index (χ0v) is 15.7. The second-order valence-electron chi connectivity index (χ2n) is 5.85. The van der Waals surface area contributed by atoms with Gasteiger partial charge in [-0.2, -0.15) is 0 Å². The molecule has 0 saturated heterocycles. The summed E-state index contributed by atoms with van der Waals surface area (Å²) in [7, 11) is -3.79. The lowest BCUT2D eigenvalue weighted by Gasteiger charge is -2.12. The molecule has 0 atom stereocenters. The van der Waals surface area contributed by atoms with Gasteiger partial charge in [0.25, 0.3) is 10.0 Å². The molecule has 0 fully saturated rings. The lowest BCUT2D eigenvalue weighted by atomic mass is 9.99. The largest absolute Gasteiger partial charge is 0.263 e. The molecule has 1 N–H and O–H groups in total. The first-order valence-corrected chi connectivity index (χ1v) is 9.65. The van der Waals surface area contributed by atoms with Gasteiger partial charge in [-0.25, -0.2) is 17.8 Å². The van der Waals surface area contributed by atoms with Gasteiger partial charge in [-0.15, -0.1) is 0 Å². The molecule has 134 valence electrons. The molecule has 7 heteroatoms. The summed E-state index contributed by atoms with van der Waals surface area (Å²) in [5.41, 5.74) is 3.07. The Balaban J connectivity index is 1.93. The van der Waals surface area contributed by atoms with Crippen LogP contribution in [0.4, 0.5) is 10.2 Å². The fourth-order valence-corrected chi connectivity index (χ4v) is 3.96. The molecule has 1 heterocycles. The maximum Gasteiger partial charge on any atom is 0.263 e. The van der Waals surface area contributed by atoms with Crippen molar-refractivity contribution in [2.24, 2.45) is 0 Å². The molecule has 0 amide bonds. The predicted octanol–water partition coefficient (Wildman–Crippen LogP) is 4.96. The van der Waals surface area contributed by atoms with Crippen molar-refractivity contribution in [2.75, 3.05) is 4.72 Å². The van der Waals surface area contributed by atoms with E-state index in [-0.39, 0.29) is 16.5 Å². The van der Waals surface area contributed by atoms with Crippen molar-refractivity contribution in [1.82, 2.24) is 4.98 Å². The van der Waals surface area contributed by atoms with Crippen LogP contribution in [0.1, 0.15) is 11.3 Å². The van der Waals surface area contributed by atoms with Crippen LogP contribution in [0.5, 0.6) is 0 Å². The van der Waals surface area contributed by atoms with Crippen molar-refractivity contribution in [3.8, 4) is 11.1 Å². The minimum atomic E-state index is -3.79. The first-order valence-electron chi connectivity index (χ1n) is 7.79. The molecule has 0 unspecified atom stereocenters. The molecule has 26 heavy (non-hydrogen) atoms. The molecule has 0 spiro atoms. The minimum absolute atomic E-state index is 0.0582. The SMILES string of the molecule is Cc1cc(F)ccc1-c1ccc(NS(=O)(=O)c2cccc(Cl)c2)nc1C. The van der Waals surface area contributed by atoms with E-state index in [1.165, 1.54) is 24.3 Å². The van der Waals surface area contributed by atoms with Crippen molar-refractivity contribution in [1.29, 1.82) is 0 Å². The fourth-order valence-electron chi connectivity index (χ4n) is 2.66. The lowest BCUT2D eigenvalue weighted by Crippen LogP contribution is -2.14. The van der Waals surface area contributed by atoms with Gasteiger partial charge in [-0.3, -0.25) is 4.72 Å². The maximum atomic E-state index is 13.3. The van der Waals surface area contributed by atoms with E-state index in [4.69, 9.17) is 11.6 Å². The summed E-state index contributed by atoms with van der Waals surface area (Å²) in [5, 5.41) is 0.333. The highest BCUT2D eigenvalue weighted by Crippen LogP contribution is 2.28. The monoisotopic (exact) mass is 390 g/mol. The number of anilines is 1. The van der Waals surface area contributed by atoms with Gasteiger partial charge in [0, 0.05) is 16.3 Å². The third kappa shape index (κ3) is 3.86. The Morgan fingerprint density at radius 2 is 1.73 bits per heavy atom. The van der Waals surface area contributed by atoms with Gasteiger partial charge in [-0.1, -0.05) is 23.7 Å². The van der Waals surface area contributed by atoms with Crippen LogP contribution in [0.25, 0.3) is 11.1 Å². The second-order valence-corrected chi connectivity index (χ2v) is 7.97. The minimum Gasteiger partial charge on any atom is -0.263 e. The van der Waals surface area contributed by atoms with Gasteiger partial charge in [-0.05, 0) is 67.4 Å². The molecule has 0 aliphatic heterocycles. The van der Waals surface area contributed by atoms with Gasteiger partial charge in [0.05, 0.1) is 4.90 Å². The smallest absolute Gasteiger partial charge is 0.263 e. The van der Waals surface area contributed by atoms with E-state index in [0.717, 1.165) is 16.7 Å². The number of pyridine rings is 1. The van der Waals surface area contributed by atoms with Crippen LogP contribution in [0.3, 0.4) is 0 Å². The Hall–Kier alpha value is -2.44. The third-order valence-corrected chi connectivity index (χ3v) is 5.50. The fraction of sp³-hybridized carbons (Fsp3) is 0.105. The molecule has 3 aromatic rings. The summed E-state index contributed by atoms with van der Waals surface area (Å²) in [6.45, 7) is 3.59. The summed E-state index contributed by atoms with van der Waals surface area (Å²) in [5.74, 6) is -0.103. The van der Waals surface area contributed by atoms with Crippen LogP contribution in [-0.4, -0.2) is 13.4 Å². The first kappa shape index (κ1) is 18.4. The molecule has 4 nitrogen and oxygen atoms in total. The van der Waals surface area contributed by atoms with Crippen molar-refractivity contribution in [3.63, 3.8) is 0 Å². The van der Waals surface area contributed by atoms with E-state index >= 15 is 0 Å². The van der Waals surface area contributed by atoms with Crippen LogP contribution >= 0.6 is 11.6 Å². The number of aryl methyl sites for hydroxylation is 2. The van der Waals surface area contributed by atoms with E-state index in [1.807, 2.05) is 6.92 Å². The zero-order chi connectivity index (χ0) is 18.9. The number of hydrogen-bond acceptors (Lipinski definition) is 3. The normalized spacial score (nSPS) is 11.4. The van der Waals surface area contributed by atoms with E-state index < -0.39 is 10.0 Å². The van der Waals surface area contributed by atoms with Crippen LogP contribution in [0, 0.1) is 19.7 Å². The predicted molar refractivity (Wildman–Crippen MR) is 101 cm³/mol. The molecule has 0 aliphatic rings. The third-order valence-electron chi connectivity index (χ3n) is 3.91. The number of nitrogens with zero attached hydrogens (tertiary/aromatic N) is 1. The molecule has 3 rings (SSSR count). The number of halogens is 2. The van der Waals surface area contributed by atoms with Crippen LogP contribution in [0.2, 0.25) is 5.02 Å². The summed E-state index contributed by atoms with van der Waals surface area (Å²) >= 11 is 5.86.